The predicted molar refractivity (Wildman–Crippen MR) is 55.1 cm³/mol. The molecule has 6 heteroatoms. The van der Waals surface area contributed by atoms with Crippen molar-refractivity contribution in [3.63, 3.8) is 0 Å². The Balaban J connectivity index is 2.44. The first-order valence-electron chi connectivity index (χ1n) is 4.08. The van der Waals surface area contributed by atoms with Crippen molar-refractivity contribution in [1.29, 1.82) is 0 Å². The van der Waals surface area contributed by atoms with E-state index in [0.29, 0.717) is 17.6 Å². The number of nitrogens with one attached hydrogen (secondary N) is 1. The number of aliphatic hydroxyl groups is 1. The van der Waals surface area contributed by atoms with E-state index in [1.807, 2.05) is 12.1 Å². The second-order valence-electron chi connectivity index (χ2n) is 2.74. The average molecular weight is 258 g/mol. The van der Waals surface area contributed by atoms with Gasteiger partial charge in [-0.3, -0.25) is 0 Å². The van der Waals surface area contributed by atoms with Gasteiger partial charge in [-0.2, -0.15) is 0 Å². The van der Waals surface area contributed by atoms with Crippen LogP contribution in [0.4, 0.5) is 5.69 Å². The summed E-state index contributed by atoms with van der Waals surface area (Å²) in [5.41, 5.74) is 2.14. The molecule has 14 heavy (non-hydrogen) atoms. The van der Waals surface area contributed by atoms with Crippen LogP contribution in [-0.2, 0) is 0 Å². The lowest BCUT2D eigenvalue weighted by molar-refractivity contribution is 0.310. The van der Waals surface area contributed by atoms with Crippen LogP contribution >= 0.6 is 15.9 Å². The van der Waals surface area contributed by atoms with E-state index < -0.39 is 0 Å². The van der Waals surface area contributed by atoms with Crippen LogP contribution in [0, 0.1) is 0 Å². The predicted octanol–water partition coefficient (Wildman–Crippen LogP) is 1.39. The Morgan fingerprint density at radius 2 is 2.29 bits per heavy atom. The van der Waals surface area contributed by atoms with Crippen LogP contribution in [0.15, 0.2) is 21.2 Å². The van der Waals surface area contributed by atoms with Crippen molar-refractivity contribution in [2.45, 2.75) is 0 Å². The molecule has 0 aliphatic heterocycles. The smallest absolute Gasteiger partial charge is 0.158 e. The molecule has 1 heterocycles. The van der Waals surface area contributed by atoms with Crippen molar-refractivity contribution >= 4 is 32.7 Å². The van der Waals surface area contributed by atoms with Crippen LogP contribution in [0.1, 0.15) is 0 Å². The van der Waals surface area contributed by atoms with Crippen LogP contribution in [0.25, 0.3) is 11.0 Å². The molecule has 0 atom stereocenters. The third-order valence-electron chi connectivity index (χ3n) is 1.75. The fourth-order valence-electron chi connectivity index (χ4n) is 1.18. The van der Waals surface area contributed by atoms with Gasteiger partial charge in [0.1, 0.15) is 5.52 Å². The minimum Gasteiger partial charge on any atom is -0.395 e. The standard InChI is InChI=1S/C8H8BrN3O2/c9-5-3-6(10-1-2-13)8-7(4-5)11-14-12-8/h3-4,10,13H,1-2H2. The normalized spacial score (nSPS) is 10.7. The van der Waals surface area contributed by atoms with Gasteiger partial charge in [-0.25, -0.2) is 4.63 Å². The molecule has 2 N–H and O–H groups in total. The summed E-state index contributed by atoms with van der Waals surface area (Å²) in [4.78, 5) is 0. The van der Waals surface area contributed by atoms with E-state index >= 15 is 0 Å². The zero-order valence-corrected chi connectivity index (χ0v) is 8.78. The number of aromatic nitrogens is 2. The first-order chi connectivity index (χ1) is 6.81. The van der Waals surface area contributed by atoms with E-state index in [-0.39, 0.29) is 6.61 Å². The molecular formula is C8H8BrN3O2. The van der Waals surface area contributed by atoms with Gasteiger partial charge in [-0.1, -0.05) is 15.9 Å². The summed E-state index contributed by atoms with van der Waals surface area (Å²) in [6.07, 6.45) is 0. The maximum Gasteiger partial charge on any atom is 0.158 e. The number of halogens is 1. The SMILES string of the molecule is OCCNc1cc(Br)cc2nonc12. The summed E-state index contributed by atoms with van der Waals surface area (Å²) in [6, 6.07) is 3.68. The second kappa shape index (κ2) is 3.93. The Morgan fingerprint density at radius 3 is 3.07 bits per heavy atom. The number of rotatable bonds is 3. The molecule has 0 saturated carbocycles. The molecule has 0 spiro atoms. The van der Waals surface area contributed by atoms with Gasteiger partial charge in [0.25, 0.3) is 0 Å². The number of nitrogens with zero attached hydrogens (tertiary/aromatic N) is 2. The Hall–Kier alpha value is -1.14. The highest BCUT2D eigenvalue weighted by atomic mass is 79.9. The first kappa shape index (κ1) is 9.42. The largest absolute Gasteiger partial charge is 0.395 e. The fourth-order valence-corrected chi connectivity index (χ4v) is 1.63. The van der Waals surface area contributed by atoms with Gasteiger partial charge < -0.3 is 10.4 Å². The first-order valence-corrected chi connectivity index (χ1v) is 4.87. The van der Waals surface area contributed by atoms with E-state index in [0.717, 1.165) is 10.2 Å². The maximum absolute atomic E-state index is 8.69. The van der Waals surface area contributed by atoms with E-state index in [2.05, 4.69) is 36.2 Å². The number of benzene rings is 1. The molecule has 0 saturated heterocycles. The number of anilines is 1. The zero-order chi connectivity index (χ0) is 9.97. The summed E-state index contributed by atoms with van der Waals surface area (Å²) in [7, 11) is 0. The molecule has 0 unspecified atom stereocenters. The van der Waals surface area contributed by atoms with Crippen LogP contribution in [0.2, 0.25) is 0 Å². The molecule has 2 aromatic rings. The van der Waals surface area contributed by atoms with Crippen LogP contribution in [-0.4, -0.2) is 28.6 Å². The summed E-state index contributed by atoms with van der Waals surface area (Å²) in [5.74, 6) is 0. The van der Waals surface area contributed by atoms with Gasteiger partial charge >= 0.3 is 0 Å². The molecule has 0 aliphatic carbocycles. The quantitative estimate of drug-likeness (QED) is 0.870. The molecule has 0 amide bonds. The van der Waals surface area contributed by atoms with E-state index in [1.165, 1.54) is 0 Å². The highest BCUT2D eigenvalue weighted by Gasteiger charge is 2.07. The van der Waals surface area contributed by atoms with Crippen LogP contribution in [0.5, 0.6) is 0 Å². The maximum atomic E-state index is 8.69. The van der Waals surface area contributed by atoms with Gasteiger partial charge in [-0.05, 0) is 22.4 Å². The van der Waals surface area contributed by atoms with Gasteiger partial charge in [0.2, 0.25) is 0 Å². The summed E-state index contributed by atoms with van der Waals surface area (Å²) >= 11 is 3.35. The summed E-state index contributed by atoms with van der Waals surface area (Å²) in [5, 5.41) is 19.2. The number of aliphatic hydroxyl groups excluding tert-OH is 1. The lowest BCUT2D eigenvalue weighted by Gasteiger charge is -2.03. The third-order valence-corrected chi connectivity index (χ3v) is 2.21. The molecule has 0 aliphatic rings. The van der Waals surface area contributed by atoms with Crippen molar-refractivity contribution in [3.8, 4) is 0 Å². The molecule has 0 fully saturated rings. The minimum absolute atomic E-state index is 0.0687. The van der Waals surface area contributed by atoms with Gasteiger partial charge in [0.05, 0.1) is 12.3 Å². The molecule has 5 nitrogen and oxygen atoms in total. The van der Waals surface area contributed by atoms with E-state index in [4.69, 9.17) is 5.11 Å². The van der Waals surface area contributed by atoms with Crippen molar-refractivity contribution in [2.75, 3.05) is 18.5 Å². The Morgan fingerprint density at radius 1 is 1.43 bits per heavy atom. The molecular weight excluding hydrogens is 250 g/mol. The molecule has 1 aromatic heterocycles. The van der Waals surface area contributed by atoms with Gasteiger partial charge in [0.15, 0.2) is 5.52 Å². The van der Waals surface area contributed by atoms with Crippen LogP contribution < -0.4 is 5.32 Å². The highest BCUT2D eigenvalue weighted by Crippen LogP contribution is 2.25. The monoisotopic (exact) mass is 257 g/mol. The number of hydrogen-bond acceptors (Lipinski definition) is 5. The molecule has 74 valence electrons. The van der Waals surface area contributed by atoms with E-state index in [1.54, 1.807) is 0 Å². The highest BCUT2D eigenvalue weighted by molar-refractivity contribution is 9.10. The van der Waals surface area contributed by atoms with Crippen molar-refractivity contribution in [2.24, 2.45) is 0 Å². The molecule has 0 radical (unpaired) electrons. The zero-order valence-electron chi connectivity index (χ0n) is 7.20. The van der Waals surface area contributed by atoms with Crippen molar-refractivity contribution in [3.05, 3.63) is 16.6 Å². The fraction of sp³-hybridized carbons (Fsp3) is 0.250. The third kappa shape index (κ3) is 1.71. The van der Waals surface area contributed by atoms with Crippen molar-refractivity contribution < 1.29 is 9.74 Å². The Bertz CT molecular complexity index is 443. The lowest BCUT2D eigenvalue weighted by atomic mass is 10.2. The van der Waals surface area contributed by atoms with Crippen molar-refractivity contribution in [1.82, 2.24) is 10.3 Å². The topological polar surface area (TPSA) is 71.2 Å². The summed E-state index contributed by atoms with van der Waals surface area (Å²) in [6.45, 7) is 0.539. The second-order valence-corrected chi connectivity index (χ2v) is 3.65. The molecule has 0 bridgehead atoms. The van der Waals surface area contributed by atoms with Crippen LogP contribution in [0.3, 0.4) is 0 Å². The number of fused-ring (bicyclic) bond motifs is 1. The lowest BCUT2D eigenvalue weighted by Crippen LogP contribution is -2.05. The average Bonchev–Trinajstić information content (AvgIpc) is 2.61. The van der Waals surface area contributed by atoms with Gasteiger partial charge in [-0.15, -0.1) is 0 Å². The Kier molecular flexibility index (Phi) is 2.64. The van der Waals surface area contributed by atoms with E-state index in [9.17, 15) is 0 Å². The molecule has 1 aromatic carbocycles. The number of hydrogen-bond donors (Lipinski definition) is 2. The Labute approximate surface area is 88.2 Å². The molecule has 2 rings (SSSR count). The van der Waals surface area contributed by atoms with Gasteiger partial charge in [0, 0.05) is 11.0 Å². The minimum atomic E-state index is 0.0687. The summed E-state index contributed by atoms with van der Waals surface area (Å²) < 4.78 is 5.51.